The Morgan fingerprint density at radius 2 is 2.05 bits per heavy atom. The van der Waals surface area contributed by atoms with Crippen LogP contribution >= 0.6 is 43.5 Å². The Balaban J connectivity index is 2.13. The Bertz CT molecular complexity index is 619. The summed E-state index contributed by atoms with van der Waals surface area (Å²) in [6.07, 6.45) is 1.47. The molecule has 0 bridgehead atoms. The van der Waals surface area contributed by atoms with Crippen molar-refractivity contribution in [3.05, 3.63) is 43.9 Å². The van der Waals surface area contributed by atoms with Gasteiger partial charge in [0.1, 0.15) is 5.75 Å². The summed E-state index contributed by atoms with van der Waals surface area (Å²) in [5, 5.41) is 21.5. The zero-order valence-corrected chi connectivity index (χ0v) is 13.2. The van der Waals surface area contributed by atoms with Crippen LogP contribution in [0, 0.1) is 0 Å². The van der Waals surface area contributed by atoms with E-state index in [1.807, 2.05) is 0 Å². The summed E-state index contributed by atoms with van der Waals surface area (Å²) in [5.74, 6) is 0.560. The van der Waals surface area contributed by atoms with Gasteiger partial charge in [0.2, 0.25) is 0 Å². The molecule has 0 aliphatic carbocycles. The number of aromatic hydroxyl groups is 1. The molecule has 0 radical (unpaired) electrons. The molecule has 2 N–H and O–H groups in total. The van der Waals surface area contributed by atoms with E-state index < -0.39 is 0 Å². The summed E-state index contributed by atoms with van der Waals surface area (Å²) in [4.78, 5) is 0. The minimum absolute atomic E-state index is 0.107. The number of phenols is 1. The van der Waals surface area contributed by atoms with Gasteiger partial charge in [-0.25, -0.2) is 0 Å². The van der Waals surface area contributed by atoms with E-state index >= 15 is 0 Å². The fourth-order valence-corrected chi connectivity index (χ4v) is 2.59. The zero-order chi connectivity index (χ0) is 13.8. The number of rotatable bonds is 3. The largest absolute Gasteiger partial charge is 0.506 e. The standard InChI is InChI=1S/C11H7Br2ClN4O/c12-7-3-6(11(19)8(13)4-7)5-15-17-10-2-1-9(14)16-18-10/h1-5,19H,(H,17,18)/b15-5+. The molecule has 0 fully saturated rings. The molecule has 0 saturated carbocycles. The van der Waals surface area contributed by atoms with E-state index in [9.17, 15) is 5.11 Å². The Kier molecular flexibility index (Phi) is 4.73. The first-order valence-electron chi connectivity index (χ1n) is 5.02. The Morgan fingerprint density at radius 3 is 2.74 bits per heavy atom. The third kappa shape index (κ3) is 3.89. The number of phenolic OH excluding ortho intramolecular Hbond substituents is 1. The van der Waals surface area contributed by atoms with Gasteiger partial charge < -0.3 is 5.11 Å². The van der Waals surface area contributed by atoms with Crippen molar-refractivity contribution < 1.29 is 5.11 Å². The lowest BCUT2D eigenvalue weighted by molar-refractivity contribution is 0.471. The number of halogens is 3. The van der Waals surface area contributed by atoms with Gasteiger partial charge in [-0.05, 0) is 40.2 Å². The molecule has 0 amide bonds. The van der Waals surface area contributed by atoms with Gasteiger partial charge in [0.05, 0.1) is 10.7 Å². The maximum absolute atomic E-state index is 9.82. The van der Waals surface area contributed by atoms with Gasteiger partial charge >= 0.3 is 0 Å². The van der Waals surface area contributed by atoms with E-state index in [0.717, 1.165) is 4.47 Å². The number of hydrogen-bond acceptors (Lipinski definition) is 5. The van der Waals surface area contributed by atoms with Crippen LogP contribution < -0.4 is 5.43 Å². The van der Waals surface area contributed by atoms with Crippen LogP contribution in [0.3, 0.4) is 0 Å². The molecule has 0 unspecified atom stereocenters. The molecule has 98 valence electrons. The lowest BCUT2D eigenvalue weighted by atomic mass is 10.2. The van der Waals surface area contributed by atoms with Crippen LogP contribution in [0.1, 0.15) is 5.56 Å². The highest BCUT2D eigenvalue weighted by molar-refractivity contribution is 9.11. The quantitative estimate of drug-likeness (QED) is 0.601. The van der Waals surface area contributed by atoms with E-state index in [4.69, 9.17) is 11.6 Å². The van der Waals surface area contributed by atoms with Crippen LogP contribution in [-0.2, 0) is 0 Å². The van der Waals surface area contributed by atoms with Crippen LogP contribution in [0.2, 0.25) is 5.15 Å². The SMILES string of the molecule is Oc1c(Br)cc(Br)cc1/C=N/Nc1ccc(Cl)nn1. The van der Waals surface area contributed by atoms with Crippen LogP contribution in [0.4, 0.5) is 5.82 Å². The molecule has 0 aliphatic heterocycles. The molecule has 8 heteroatoms. The predicted octanol–water partition coefficient (Wildman–Crippen LogP) is 3.81. The molecule has 1 aromatic heterocycles. The predicted molar refractivity (Wildman–Crippen MR) is 81.8 cm³/mol. The monoisotopic (exact) mass is 404 g/mol. The van der Waals surface area contributed by atoms with Crippen LogP contribution in [0.25, 0.3) is 0 Å². The second kappa shape index (κ2) is 6.31. The fraction of sp³-hybridized carbons (Fsp3) is 0. The van der Waals surface area contributed by atoms with Gasteiger partial charge in [0, 0.05) is 10.0 Å². The summed E-state index contributed by atoms with van der Waals surface area (Å²) < 4.78 is 1.40. The molecule has 0 aliphatic rings. The molecule has 1 aromatic carbocycles. The van der Waals surface area contributed by atoms with E-state index in [1.54, 1.807) is 24.3 Å². The van der Waals surface area contributed by atoms with E-state index in [0.29, 0.717) is 21.0 Å². The normalized spacial score (nSPS) is 10.9. The molecule has 0 atom stereocenters. The smallest absolute Gasteiger partial charge is 0.168 e. The Morgan fingerprint density at radius 1 is 1.26 bits per heavy atom. The molecule has 2 aromatic rings. The number of aromatic nitrogens is 2. The highest BCUT2D eigenvalue weighted by Crippen LogP contribution is 2.30. The first kappa shape index (κ1) is 14.2. The number of nitrogens with one attached hydrogen (secondary N) is 1. The van der Waals surface area contributed by atoms with E-state index in [2.05, 4.69) is 52.6 Å². The minimum Gasteiger partial charge on any atom is -0.506 e. The highest BCUT2D eigenvalue weighted by atomic mass is 79.9. The minimum atomic E-state index is 0.107. The number of hydrogen-bond donors (Lipinski definition) is 2. The van der Waals surface area contributed by atoms with Gasteiger partial charge in [0.15, 0.2) is 11.0 Å². The maximum atomic E-state index is 9.82. The summed E-state index contributed by atoms with van der Waals surface area (Å²) in [7, 11) is 0. The Labute approximate surface area is 131 Å². The summed E-state index contributed by atoms with van der Waals surface area (Å²) in [6, 6.07) is 6.71. The van der Waals surface area contributed by atoms with Crippen LogP contribution in [0.5, 0.6) is 5.75 Å². The lowest BCUT2D eigenvalue weighted by Gasteiger charge is -2.03. The molecular weight excluding hydrogens is 399 g/mol. The first-order chi connectivity index (χ1) is 9.06. The van der Waals surface area contributed by atoms with Crippen LogP contribution in [-0.4, -0.2) is 21.5 Å². The number of hydrazone groups is 1. The summed E-state index contributed by atoms with van der Waals surface area (Å²) in [6.45, 7) is 0. The lowest BCUT2D eigenvalue weighted by Crippen LogP contribution is -1.95. The van der Waals surface area contributed by atoms with Crippen molar-refractivity contribution >= 4 is 55.5 Å². The van der Waals surface area contributed by atoms with Crippen molar-refractivity contribution in [1.82, 2.24) is 10.2 Å². The summed E-state index contributed by atoms with van der Waals surface area (Å²) in [5.41, 5.74) is 3.23. The third-order valence-electron chi connectivity index (χ3n) is 2.07. The van der Waals surface area contributed by atoms with Gasteiger partial charge in [-0.2, -0.15) is 5.10 Å². The third-order valence-corrected chi connectivity index (χ3v) is 3.34. The van der Waals surface area contributed by atoms with Gasteiger partial charge in [0.25, 0.3) is 0 Å². The fourth-order valence-electron chi connectivity index (χ4n) is 1.23. The number of anilines is 1. The molecule has 19 heavy (non-hydrogen) atoms. The zero-order valence-electron chi connectivity index (χ0n) is 9.31. The van der Waals surface area contributed by atoms with Crippen molar-refractivity contribution in [2.75, 3.05) is 5.43 Å². The average molecular weight is 406 g/mol. The van der Waals surface area contributed by atoms with Crippen molar-refractivity contribution in [1.29, 1.82) is 0 Å². The van der Waals surface area contributed by atoms with Gasteiger partial charge in [-0.3, -0.25) is 5.43 Å². The molecular formula is C11H7Br2ClN4O. The topological polar surface area (TPSA) is 70.4 Å². The van der Waals surface area contributed by atoms with Gasteiger partial charge in [-0.1, -0.05) is 27.5 Å². The van der Waals surface area contributed by atoms with Gasteiger partial charge in [-0.15, -0.1) is 10.2 Å². The number of nitrogens with zero attached hydrogens (tertiary/aromatic N) is 3. The van der Waals surface area contributed by atoms with Crippen LogP contribution in [0.15, 0.2) is 38.3 Å². The summed E-state index contributed by atoms with van der Waals surface area (Å²) >= 11 is 12.2. The average Bonchev–Trinajstić information content (AvgIpc) is 2.37. The van der Waals surface area contributed by atoms with Crippen molar-refractivity contribution in [3.63, 3.8) is 0 Å². The maximum Gasteiger partial charge on any atom is 0.168 e. The highest BCUT2D eigenvalue weighted by Gasteiger charge is 2.05. The molecule has 0 spiro atoms. The molecule has 1 heterocycles. The molecule has 2 rings (SSSR count). The van der Waals surface area contributed by atoms with Crippen molar-refractivity contribution in [2.24, 2.45) is 5.10 Å². The van der Waals surface area contributed by atoms with Crippen molar-refractivity contribution in [2.45, 2.75) is 0 Å². The first-order valence-corrected chi connectivity index (χ1v) is 6.99. The van der Waals surface area contributed by atoms with Crippen molar-refractivity contribution in [3.8, 4) is 5.75 Å². The molecule has 5 nitrogen and oxygen atoms in total. The second-order valence-electron chi connectivity index (χ2n) is 3.44. The Hall–Kier alpha value is -1.18. The second-order valence-corrected chi connectivity index (χ2v) is 5.59. The van der Waals surface area contributed by atoms with E-state index in [-0.39, 0.29) is 5.75 Å². The number of benzene rings is 1. The van der Waals surface area contributed by atoms with E-state index in [1.165, 1.54) is 6.21 Å². The molecule has 0 saturated heterocycles.